The fraction of sp³-hybridized carbons (Fsp3) is 0.588. The molecule has 0 aliphatic carbocycles. The van der Waals surface area contributed by atoms with E-state index in [1.165, 1.54) is 107 Å². The predicted molar refractivity (Wildman–Crippen MR) is 156 cm³/mol. The molecule has 36 heavy (non-hydrogen) atoms. The number of para-hydroxylation sites is 2. The van der Waals surface area contributed by atoms with Gasteiger partial charge in [0.25, 0.3) is 0 Å². The van der Waals surface area contributed by atoms with Crippen molar-refractivity contribution in [2.24, 2.45) is 0 Å². The molecular weight excluding hydrogens is 438 g/mol. The maximum absolute atomic E-state index is 6.90. The largest absolute Gasteiger partial charge is 0.463 e. The van der Waals surface area contributed by atoms with Gasteiger partial charge in [0, 0.05) is 17.8 Å². The molecule has 0 saturated heterocycles. The van der Waals surface area contributed by atoms with Gasteiger partial charge >= 0.3 is 0 Å². The lowest BCUT2D eigenvalue weighted by Crippen LogP contribution is -2.59. The summed E-state index contributed by atoms with van der Waals surface area (Å²) in [5, 5.41) is 0. The number of hydrogen-bond acceptors (Lipinski definition) is 2. The molecule has 0 aromatic heterocycles. The first-order valence-corrected chi connectivity index (χ1v) is 14.9. The quantitative estimate of drug-likeness (QED) is 0.232. The fourth-order valence-electron chi connectivity index (χ4n) is 6.29. The first-order valence-electron chi connectivity index (χ1n) is 14.9. The maximum Gasteiger partial charge on any atom is 0.212 e. The van der Waals surface area contributed by atoms with E-state index in [9.17, 15) is 0 Å². The van der Waals surface area contributed by atoms with Crippen molar-refractivity contribution in [3.63, 3.8) is 0 Å². The summed E-state index contributed by atoms with van der Waals surface area (Å²) in [7, 11) is 0. The minimum Gasteiger partial charge on any atom is -0.463 e. The van der Waals surface area contributed by atoms with Gasteiger partial charge in [0.1, 0.15) is 5.75 Å². The van der Waals surface area contributed by atoms with E-state index in [1.54, 1.807) is 0 Å². The standard InChI is InChI=1S/C34H49NO/c1-4-5-6-7-8-9-10-11-12-13-14-15-16-21-28-35-31-24-19-18-23-30(31)33(2,3)34(35)27-26-29-22-17-20-25-32(29)36-34/h17-20,22-27H,4-16,21,28H2,1-3H3. The van der Waals surface area contributed by atoms with Gasteiger partial charge in [-0.25, -0.2) is 0 Å². The number of ether oxygens (including phenoxy) is 1. The van der Waals surface area contributed by atoms with Crippen molar-refractivity contribution >= 4 is 11.8 Å². The minimum absolute atomic E-state index is 0.135. The lowest BCUT2D eigenvalue weighted by atomic mass is 9.76. The minimum atomic E-state index is -0.471. The molecule has 1 atom stereocenters. The highest BCUT2D eigenvalue weighted by Crippen LogP contribution is 2.54. The maximum atomic E-state index is 6.90. The zero-order valence-electron chi connectivity index (χ0n) is 23.2. The van der Waals surface area contributed by atoms with E-state index in [0.29, 0.717) is 0 Å². The summed E-state index contributed by atoms with van der Waals surface area (Å²) in [5.74, 6) is 0.992. The third-order valence-electron chi connectivity index (χ3n) is 8.57. The van der Waals surface area contributed by atoms with Crippen LogP contribution in [0.25, 0.3) is 6.08 Å². The van der Waals surface area contributed by atoms with Gasteiger partial charge < -0.3 is 9.64 Å². The number of anilines is 1. The van der Waals surface area contributed by atoms with Gasteiger partial charge in [-0.15, -0.1) is 0 Å². The molecule has 2 aliphatic rings. The highest BCUT2D eigenvalue weighted by molar-refractivity contribution is 5.72. The van der Waals surface area contributed by atoms with Crippen molar-refractivity contribution in [1.29, 1.82) is 0 Å². The molecule has 0 saturated carbocycles. The average molecular weight is 488 g/mol. The Labute approximate surface area is 221 Å². The van der Waals surface area contributed by atoms with Gasteiger partial charge in [-0.2, -0.15) is 0 Å². The van der Waals surface area contributed by atoms with Gasteiger partial charge in [-0.3, -0.25) is 0 Å². The second kappa shape index (κ2) is 12.8. The van der Waals surface area contributed by atoms with Crippen LogP contribution in [0.2, 0.25) is 0 Å². The number of fused-ring (bicyclic) bond motifs is 2. The van der Waals surface area contributed by atoms with Gasteiger partial charge in [0.2, 0.25) is 5.72 Å². The van der Waals surface area contributed by atoms with Crippen LogP contribution < -0.4 is 9.64 Å². The van der Waals surface area contributed by atoms with Crippen molar-refractivity contribution in [3.05, 3.63) is 65.7 Å². The topological polar surface area (TPSA) is 12.5 Å². The van der Waals surface area contributed by atoms with Crippen molar-refractivity contribution in [2.45, 2.75) is 122 Å². The molecule has 2 aromatic carbocycles. The third kappa shape index (κ3) is 5.84. The summed E-state index contributed by atoms with van der Waals surface area (Å²) in [6.45, 7) is 8.01. The number of hydrogen-bond donors (Lipinski definition) is 0. The molecule has 2 heteroatoms. The van der Waals surface area contributed by atoms with Crippen LogP contribution >= 0.6 is 0 Å². The van der Waals surface area contributed by atoms with Crippen molar-refractivity contribution in [2.75, 3.05) is 11.4 Å². The Morgan fingerprint density at radius 3 is 1.89 bits per heavy atom. The van der Waals surface area contributed by atoms with E-state index in [0.717, 1.165) is 12.3 Å². The zero-order chi connectivity index (χ0) is 25.3. The molecule has 0 N–H and O–H groups in total. The Bertz CT molecular complexity index is 977. The van der Waals surface area contributed by atoms with Crippen LogP contribution in [0.15, 0.2) is 54.6 Å². The van der Waals surface area contributed by atoms with Crippen LogP contribution in [0.1, 0.15) is 122 Å². The van der Waals surface area contributed by atoms with Gasteiger partial charge in [-0.05, 0) is 50.1 Å². The summed E-state index contributed by atoms with van der Waals surface area (Å²) < 4.78 is 6.90. The zero-order valence-corrected chi connectivity index (χ0v) is 23.2. The van der Waals surface area contributed by atoms with Crippen molar-refractivity contribution in [3.8, 4) is 5.75 Å². The molecule has 196 valence electrons. The normalized spacial score (nSPS) is 19.4. The third-order valence-corrected chi connectivity index (χ3v) is 8.57. The molecule has 1 spiro atoms. The van der Waals surface area contributed by atoms with Crippen LogP contribution in [0.3, 0.4) is 0 Å². The number of unbranched alkanes of at least 4 members (excludes halogenated alkanes) is 13. The Hall–Kier alpha value is -2.22. The van der Waals surface area contributed by atoms with Gasteiger partial charge in [0.15, 0.2) is 0 Å². The summed E-state index contributed by atoms with van der Waals surface area (Å²) in [6.07, 6.45) is 24.1. The van der Waals surface area contributed by atoms with Gasteiger partial charge in [0.05, 0.1) is 5.41 Å². The number of benzene rings is 2. The smallest absolute Gasteiger partial charge is 0.212 e. The number of nitrogens with zero attached hydrogens (tertiary/aromatic N) is 1. The van der Waals surface area contributed by atoms with E-state index in [4.69, 9.17) is 4.74 Å². The van der Waals surface area contributed by atoms with Crippen LogP contribution in [0.4, 0.5) is 5.69 Å². The Kier molecular flexibility index (Phi) is 9.57. The Morgan fingerprint density at radius 2 is 1.22 bits per heavy atom. The van der Waals surface area contributed by atoms with Crippen molar-refractivity contribution < 1.29 is 4.74 Å². The molecule has 2 nitrogen and oxygen atoms in total. The molecule has 1 unspecified atom stereocenters. The van der Waals surface area contributed by atoms with Crippen LogP contribution in [0.5, 0.6) is 5.75 Å². The molecule has 2 heterocycles. The van der Waals surface area contributed by atoms with Gasteiger partial charge in [-0.1, -0.05) is 127 Å². The van der Waals surface area contributed by atoms with E-state index >= 15 is 0 Å². The molecule has 0 fully saturated rings. The molecule has 4 rings (SSSR count). The lowest BCUT2D eigenvalue weighted by Gasteiger charge is -2.47. The second-order valence-electron chi connectivity index (χ2n) is 11.6. The summed E-state index contributed by atoms with van der Waals surface area (Å²) in [6, 6.07) is 17.4. The monoisotopic (exact) mass is 487 g/mol. The summed E-state index contributed by atoms with van der Waals surface area (Å²) >= 11 is 0. The average Bonchev–Trinajstić information content (AvgIpc) is 3.07. The molecule has 2 aromatic rings. The summed E-state index contributed by atoms with van der Waals surface area (Å²) in [4.78, 5) is 2.55. The van der Waals surface area contributed by atoms with Crippen LogP contribution in [-0.4, -0.2) is 12.3 Å². The second-order valence-corrected chi connectivity index (χ2v) is 11.6. The Balaban J connectivity index is 1.24. The van der Waals surface area contributed by atoms with Crippen LogP contribution in [0, 0.1) is 0 Å². The van der Waals surface area contributed by atoms with E-state index in [-0.39, 0.29) is 5.41 Å². The molecule has 0 radical (unpaired) electrons. The predicted octanol–water partition coefficient (Wildman–Crippen LogP) is 10.1. The Morgan fingerprint density at radius 1 is 0.667 bits per heavy atom. The lowest BCUT2D eigenvalue weighted by molar-refractivity contribution is 0.0532. The number of rotatable bonds is 15. The molecule has 0 amide bonds. The van der Waals surface area contributed by atoms with Crippen LogP contribution in [-0.2, 0) is 5.41 Å². The first kappa shape index (κ1) is 26.8. The van der Waals surface area contributed by atoms with Crippen molar-refractivity contribution in [1.82, 2.24) is 0 Å². The highest BCUT2D eigenvalue weighted by atomic mass is 16.5. The molecule has 2 aliphatic heterocycles. The molecule has 0 bridgehead atoms. The highest BCUT2D eigenvalue weighted by Gasteiger charge is 2.58. The van der Waals surface area contributed by atoms with E-state index in [1.807, 2.05) is 0 Å². The molecular formula is C34H49NO. The van der Waals surface area contributed by atoms with E-state index < -0.39 is 5.72 Å². The SMILES string of the molecule is CCCCCCCCCCCCCCCCN1c2ccccc2C(C)(C)C12C=Cc1ccccc1O2. The van der Waals surface area contributed by atoms with E-state index in [2.05, 4.69) is 86.4 Å². The summed E-state index contributed by atoms with van der Waals surface area (Å²) in [5.41, 5.74) is 3.29. The first-order chi connectivity index (χ1) is 17.6. The fourth-order valence-corrected chi connectivity index (χ4v) is 6.29.